The molecule has 4 nitrogen and oxygen atoms in total. The fourth-order valence-electron chi connectivity index (χ4n) is 2.49. The van der Waals surface area contributed by atoms with Crippen LogP contribution in [0.25, 0.3) is 0 Å². The van der Waals surface area contributed by atoms with E-state index in [-0.39, 0.29) is 17.1 Å². The highest BCUT2D eigenvalue weighted by atomic mass is 19.4. The van der Waals surface area contributed by atoms with Crippen LogP contribution in [0.15, 0.2) is 77.9 Å². The van der Waals surface area contributed by atoms with E-state index in [0.717, 1.165) is 12.1 Å². The monoisotopic (exact) mass is 401 g/mol. The van der Waals surface area contributed by atoms with Gasteiger partial charge in [-0.3, -0.25) is 4.79 Å². The third-order valence-corrected chi connectivity index (χ3v) is 3.89. The van der Waals surface area contributed by atoms with Crippen LogP contribution in [-0.2, 0) is 6.18 Å². The van der Waals surface area contributed by atoms with Gasteiger partial charge >= 0.3 is 6.18 Å². The number of alkyl halides is 3. The average Bonchev–Trinajstić information content (AvgIpc) is 2.69. The Labute approximate surface area is 163 Å². The minimum atomic E-state index is -4.47. The van der Waals surface area contributed by atoms with Crippen molar-refractivity contribution in [3.63, 3.8) is 0 Å². The van der Waals surface area contributed by atoms with Crippen molar-refractivity contribution >= 4 is 23.5 Å². The molecule has 148 valence electrons. The van der Waals surface area contributed by atoms with E-state index >= 15 is 0 Å². The summed E-state index contributed by atoms with van der Waals surface area (Å²) in [6.45, 7) is 0. The molecule has 8 heteroatoms. The number of hydrogen-bond acceptors (Lipinski definition) is 3. The van der Waals surface area contributed by atoms with Gasteiger partial charge in [0.15, 0.2) is 0 Å². The molecule has 3 rings (SSSR count). The first-order chi connectivity index (χ1) is 13.8. The first-order valence-electron chi connectivity index (χ1n) is 8.45. The molecule has 0 fully saturated rings. The van der Waals surface area contributed by atoms with Gasteiger partial charge in [0.05, 0.1) is 23.0 Å². The van der Waals surface area contributed by atoms with E-state index in [1.807, 2.05) is 0 Å². The molecule has 0 spiro atoms. The second kappa shape index (κ2) is 8.55. The van der Waals surface area contributed by atoms with E-state index in [2.05, 4.69) is 15.8 Å². The molecule has 0 bridgehead atoms. The lowest BCUT2D eigenvalue weighted by Gasteiger charge is -2.13. The molecule has 0 aromatic heterocycles. The van der Waals surface area contributed by atoms with Crippen LogP contribution in [0.2, 0.25) is 0 Å². The quantitative estimate of drug-likeness (QED) is 0.344. The van der Waals surface area contributed by atoms with Crippen molar-refractivity contribution in [2.75, 3.05) is 5.32 Å². The van der Waals surface area contributed by atoms with E-state index in [1.165, 1.54) is 48.7 Å². The molecule has 2 N–H and O–H groups in total. The highest BCUT2D eigenvalue weighted by Crippen LogP contribution is 2.31. The summed E-state index contributed by atoms with van der Waals surface area (Å²) in [6.07, 6.45) is -3.12. The van der Waals surface area contributed by atoms with Gasteiger partial charge in [-0.15, -0.1) is 0 Å². The van der Waals surface area contributed by atoms with Crippen LogP contribution in [0.1, 0.15) is 21.5 Å². The summed E-state index contributed by atoms with van der Waals surface area (Å²) < 4.78 is 51.5. The number of nitrogens with one attached hydrogen (secondary N) is 2. The predicted molar refractivity (Wildman–Crippen MR) is 103 cm³/mol. The number of halogens is 4. The number of rotatable bonds is 5. The number of amides is 1. The van der Waals surface area contributed by atoms with Crippen LogP contribution in [0.5, 0.6) is 0 Å². The Kier molecular flexibility index (Phi) is 5.92. The molecule has 1 amide bonds. The Balaban J connectivity index is 1.75. The summed E-state index contributed by atoms with van der Waals surface area (Å²) in [5.74, 6) is -0.945. The van der Waals surface area contributed by atoms with Gasteiger partial charge in [0.25, 0.3) is 5.91 Å². The van der Waals surface area contributed by atoms with E-state index in [0.29, 0.717) is 11.3 Å². The minimum absolute atomic E-state index is 0.190. The van der Waals surface area contributed by atoms with E-state index in [1.54, 1.807) is 18.2 Å². The Morgan fingerprint density at radius 2 is 1.66 bits per heavy atom. The molecule has 0 unspecified atom stereocenters. The largest absolute Gasteiger partial charge is 0.416 e. The van der Waals surface area contributed by atoms with Crippen molar-refractivity contribution < 1.29 is 22.4 Å². The SMILES string of the molecule is O=C(N/N=C/c1ccc(F)cc1)c1ccccc1Nc1cccc(C(F)(F)F)c1. The molecule has 29 heavy (non-hydrogen) atoms. The Morgan fingerprint density at radius 1 is 0.931 bits per heavy atom. The van der Waals surface area contributed by atoms with Crippen molar-refractivity contribution in [1.29, 1.82) is 0 Å². The third-order valence-electron chi connectivity index (χ3n) is 3.89. The molecule has 0 saturated carbocycles. The Hall–Kier alpha value is -3.68. The average molecular weight is 401 g/mol. The highest BCUT2D eigenvalue weighted by Gasteiger charge is 2.30. The normalized spacial score (nSPS) is 11.4. The molecule has 0 aliphatic rings. The Morgan fingerprint density at radius 3 is 2.38 bits per heavy atom. The molecule has 3 aromatic carbocycles. The lowest BCUT2D eigenvalue weighted by molar-refractivity contribution is -0.137. The molecular formula is C21H15F4N3O. The zero-order valence-corrected chi connectivity index (χ0v) is 14.9. The number of anilines is 2. The summed E-state index contributed by atoms with van der Waals surface area (Å²) in [5, 5.41) is 6.64. The number of carbonyl (C=O) groups excluding carboxylic acids is 1. The topological polar surface area (TPSA) is 53.5 Å². The van der Waals surface area contributed by atoms with Crippen LogP contribution < -0.4 is 10.7 Å². The van der Waals surface area contributed by atoms with Crippen LogP contribution in [0, 0.1) is 5.82 Å². The molecular weight excluding hydrogens is 386 g/mol. The molecule has 0 radical (unpaired) electrons. The van der Waals surface area contributed by atoms with Gasteiger partial charge in [0.1, 0.15) is 5.82 Å². The van der Waals surface area contributed by atoms with Crippen LogP contribution >= 0.6 is 0 Å². The van der Waals surface area contributed by atoms with E-state index in [4.69, 9.17) is 0 Å². The molecule has 0 heterocycles. The minimum Gasteiger partial charge on any atom is -0.355 e. The van der Waals surface area contributed by atoms with Crippen molar-refractivity contribution in [3.05, 3.63) is 95.3 Å². The van der Waals surface area contributed by atoms with E-state index < -0.39 is 17.6 Å². The zero-order chi connectivity index (χ0) is 20.9. The fourth-order valence-corrected chi connectivity index (χ4v) is 2.49. The summed E-state index contributed by atoms with van der Waals surface area (Å²) in [7, 11) is 0. The summed E-state index contributed by atoms with van der Waals surface area (Å²) >= 11 is 0. The third kappa shape index (κ3) is 5.41. The first-order valence-corrected chi connectivity index (χ1v) is 8.45. The number of nitrogens with zero attached hydrogens (tertiary/aromatic N) is 1. The predicted octanol–water partition coefficient (Wildman–Crippen LogP) is 5.35. The van der Waals surface area contributed by atoms with Crippen LogP contribution in [-0.4, -0.2) is 12.1 Å². The van der Waals surface area contributed by atoms with Gasteiger partial charge in [0, 0.05) is 5.69 Å². The number of carbonyl (C=O) groups is 1. The number of para-hydroxylation sites is 1. The Bertz CT molecular complexity index is 1030. The van der Waals surface area contributed by atoms with Gasteiger partial charge in [-0.25, -0.2) is 9.82 Å². The van der Waals surface area contributed by atoms with Crippen LogP contribution in [0.4, 0.5) is 28.9 Å². The van der Waals surface area contributed by atoms with Gasteiger partial charge in [-0.05, 0) is 48.0 Å². The van der Waals surface area contributed by atoms with Gasteiger partial charge in [-0.2, -0.15) is 18.3 Å². The van der Waals surface area contributed by atoms with Crippen LogP contribution in [0.3, 0.4) is 0 Å². The highest BCUT2D eigenvalue weighted by molar-refractivity contribution is 6.00. The molecule has 3 aromatic rings. The molecule has 0 aliphatic heterocycles. The molecule has 0 saturated heterocycles. The van der Waals surface area contributed by atoms with E-state index in [9.17, 15) is 22.4 Å². The van der Waals surface area contributed by atoms with Crippen molar-refractivity contribution in [1.82, 2.24) is 5.43 Å². The maximum atomic E-state index is 12.9. The lowest BCUT2D eigenvalue weighted by atomic mass is 10.1. The maximum absolute atomic E-state index is 12.9. The summed E-state index contributed by atoms with van der Waals surface area (Å²) in [5.41, 5.74) is 2.83. The summed E-state index contributed by atoms with van der Waals surface area (Å²) in [4.78, 5) is 12.4. The second-order valence-corrected chi connectivity index (χ2v) is 6.00. The van der Waals surface area contributed by atoms with Crippen molar-refractivity contribution in [2.45, 2.75) is 6.18 Å². The lowest BCUT2D eigenvalue weighted by Crippen LogP contribution is -2.19. The number of hydrogen-bond donors (Lipinski definition) is 2. The molecule has 0 aliphatic carbocycles. The van der Waals surface area contributed by atoms with Gasteiger partial charge in [-0.1, -0.05) is 30.3 Å². The fraction of sp³-hybridized carbons (Fsp3) is 0.0476. The maximum Gasteiger partial charge on any atom is 0.416 e. The number of hydrazone groups is 1. The second-order valence-electron chi connectivity index (χ2n) is 6.00. The first kappa shape index (κ1) is 20.1. The van der Waals surface area contributed by atoms with Gasteiger partial charge in [0.2, 0.25) is 0 Å². The van der Waals surface area contributed by atoms with Gasteiger partial charge < -0.3 is 5.32 Å². The number of benzene rings is 3. The molecule has 0 atom stereocenters. The zero-order valence-electron chi connectivity index (χ0n) is 14.9. The van der Waals surface area contributed by atoms with Crippen molar-refractivity contribution in [3.8, 4) is 0 Å². The summed E-state index contributed by atoms with van der Waals surface area (Å²) in [6, 6.07) is 16.5. The van der Waals surface area contributed by atoms with Crippen molar-refractivity contribution in [2.24, 2.45) is 5.10 Å². The standard InChI is InChI=1S/C21H15F4N3O/c22-16-10-8-14(9-11-16)13-26-28-20(29)18-6-1-2-7-19(18)27-17-5-3-4-15(12-17)21(23,24)25/h1-13,27H,(H,28,29)/b26-13+. The smallest absolute Gasteiger partial charge is 0.355 e.